The summed E-state index contributed by atoms with van der Waals surface area (Å²) < 4.78 is 5.22. The molecule has 0 spiro atoms. The van der Waals surface area contributed by atoms with Crippen LogP contribution in [0.1, 0.15) is 20.8 Å². The van der Waals surface area contributed by atoms with Gasteiger partial charge >= 0.3 is 0 Å². The van der Waals surface area contributed by atoms with E-state index in [0.29, 0.717) is 15.9 Å². The molecule has 0 fully saturated rings. The summed E-state index contributed by atoms with van der Waals surface area (Å²) in [5.41, 5.74) is 2.03. The minimum Gasteiger partial charge on any atom is -0.410 e. The monoisotopic (exact) mass is 128 g/mol. The Morgan fingerprint density at radius 2 is 2.12 bits per heavy atom. The highest BCUT2D eigenvalue weighted by atomic mass is 28.2. The standard InChI is InChI=1S/C6H12OSi/c1-4-5-8-7-6(2)3/h4-6H,1-3H3/b5-4+. The highest BCUT2D eigenvalue weighted by Gasteiger charge is 1.88. The van der Waals surface area contributed by atoms with Crippen molar-refractivity contribution in [2.24, 2.45) is 0 Å². The average Bonchev–Trinajstić information content (AvgIpc) is 1.66. The van der Waals surface area contributed by atoms with Gasteiger partial charge in [-0.05, 0) is 20.8 Å². The summed E-state index contributed by atoms with van der Waals surface area (Å²) in [4.78, 5) is 0. The van der Waals surface area contributed by atoms with Crippen molar-refractivity contribution in [2.75, 3.05) is 0 Å². The number of hydrogen-bond donors (Lipinski definition) is 0. The Morgan fingerprint density at radius 3 is 2.50 bits per heavy atom. The van der Waals surface area contributed by atoms with Gasteiger partial charge in [0, 0.05) is 6.10 Å². The summed E-state index contributed by atoms with van der Waals surface area (Å²) in [5.74, 6) is 0. The Hall–Kier alpha value is -0.0831. The molecule has 0 rings (SSSR count). The molecule has 0 aliphatic carbocycles. The lowest BCUT2D eigenvalue weighted by atomic mass is 10.5. The molecule has 2 radical (unpaired) electrons. The topological polar surface area (TPSA) is 9.23 Å². The van der Waals surface area contributed by atoms with Crippen molar-refractivity contribution in [2.45, 2.75) is 26.9 Å². The van der Waals surface area contributed by atoms with E-state index in [9.17, 15) is 0 Å². The number of hydrogen-bond acceptors (Lipinski definition) is 1. The summed E-state index contributed by atoms with van der Waals surface area (Å²) in [5, 5.41) is 0. The van der Waals surface area contributed by atoms with E-state index >= 15 is 0 Å². The second-order valence-electron chi connectivity index (χ2n) is 1.78. The highest BCUT2D eigenvalue weighted by molar-refractivity contribution is 6.34. The quantitative estimate of drug-likeness (QED) is 0.524. The molecule has 0 saturated heterocycles. The van der Waals surface area contributed by atoms with Crippen LogP contribution in [-0.4, -0.2) is 15.9 Å². The van der Waals surface area contributed by atoms with Crippen LogP contribution in [0.15, 0.2) is 11.8 Å². The first-order valence-corrected chi connectivity index (χ1v) is 3.78. The molecule has 0 unspecified atom stereocenters. The zero-order chi connectivity index (χ0) is 6.41. The molecule has 0 aliphatic heterocycles. The van der Waals surface area contributed by atoms with E-state index in [0.717, 1.165) is 0 Å². The largest absolute Gasteiger partial charge is 0.410 e. The Kier molecular flexibility index (Phi) is 5.01. The van der Waals surface area contributed by atoms with Crippen molar-refractivity contribution < 1.29 is 4.43 Å². The van der Waals surface area contributed by atoms with E-state index in [4.69, 9.17) is 4.43 Å². The van der Waals surface area contributed by atoms with Gasteiger partial charge in [-0.2, -0.15) is 0 Å². The van der Waals surface area contributed by atoms with Crippen molar-refractivity contribution in [3.8, 4) is 0 Å². The Balaban J connectivity index is 2.93. The molecular formula is C6H12OSi. The van der Waals surface area contributed by atoms with E-state index in [1.807, 2.05) is 32.5 Å². The van der Waals surface area contributed by atoms with E-state index in [1.54, 1.807) is 0 Å². The predicted octanol–water partition coefficient (Wildman–Crippen LogP) is 1.56. The molecule has 0 bridgehead atoms. The van der Waals surface area contributed by atoms with Gasteiger partial charge < -0.3 is 4.43 Å². The van der Waals surface area contributed by atoms with E-state index in [1.165, 1.54) is 0 Å². The van der Waals surface area contributed by atoms with Gasteiger partial charge in [0.2, 0.25) is 0 Å². The zero-order valence-electron chi connectivity index (χ0n) is 5.64. The normalized spacial score (nSPS) is 11.5. The first-order chi connectivity index (χ1) is 3.77. The Labute approximate surface area is 53.7 Å². The van der Waals surface area contributed by atoms with Crippen LogP contribution in [0.25, 0.3) is 0 Å². The Bertz CT molecular complexity index is 68.9. The van der Waals surface area contributed by atoms with Crippen LogP contribution in [0.4, 0.5) is 0 Å². The fourth-order valence-electron chi connectivity index (χ4n) is 0.243. The zero-order valence-corrected chi connectivity index (χ0v) is 6.64. The van der Waals surface area contributed by atoms with Crippen molar-refractivity contribution >= 4 is 9.76 Å². The number of rotatable bonds is 3. The van der Waals surface area contributed by atoms with Gasteiger partial charge in [-0.3, -0.25) is 0 Å². The molecule has 1 nitrogen and oxygen atoms in total. The van der Waals surface area contributed by atoms with Crippen LogP contribution in [0.3, 0.4) is 0 Å². The minimum atomic E-state index is 0.365. The molecule has 0 atom stereocenters. The van der Waals surface area contributed by atoms with E-state index < -0.39 is 0 Å². The first-order valence-electron chi connectivity index (χ1n) is 2.79. The molecule has 0 aromatic carbocycles. The lowest BCUT2D eigenvalue weighted by Gasteiger charge is -2.00. The second kappa shape index (κ2) is 5.06. The van der Waals surface area contributed by atoms with Crippen LogP contribution in [0.2, 0.25) is 0 Å². The van der Waals surface area contributed by atoms with Crippen LogP contribution in [-0.2, 0) is 4.43 Å². The molecule has 0 aliphatic rings. The molecule has 0 aromatic heterocycles. The van der Waals surface area contributed by atoms with Crippen molar-refractivity contribution in [3.63, 3.8) is 0 Å². The molecule has 0 N–H and O–H groups in total. The molecule has 2 heteroatoms. The number of allylic oxidation sites excluding steroid dienone is 1. The molecular weight excluding hydrogens is 116 g/mol. The summed E-state index contributed by atoms with van der Waals surface area (Å²) in [7, 11) is 0.532. The van der Waals surface area contributed by atoms with E-state index in [-0.39, 0.29) is 0 Å². The van der Waals surface area contributed by atoms with Crippen LogP contribution in [0.5, 0.6) is 0 Å². The summed E-state index contributed by atoms with van der Waals surface area (Å²) in [6.45, 7) is 6.07. The van der Waals surface area contributed by atoms with Gasteiger partial charge in [-0.15, -0.1) is 0 Å². The SMILES string of the molecule is C/C=C/[Si]OC(C)C. The smallest absolute Gasteiger partial charge is 0.260 e. The van der Waals surface area contributed by atoms with Gasteiger partial charge in [-0.1, -0.05) is 11.8 Å². The third-order valence-electron chi connectivity index (χ3n) is 0.538. The van der Waals surface area contributed by atoms with Crippen molar-refractivity contribution in [1.82, 2.24) is 0 Å². The lowest BCUT2D eigenvalue weighted by Crippen LogP contribution is -2.04. The fraction of sp³-hybridized carbons (Fsp3) is 0.667. The molecule has 0 saturated carbocycles. The van der Waals surface area contributed by atoms with Gasteiger partial charge in [0.05, 0.1) is 0 Å². The van der Waals surface area contributed by atoms with E-state index in [2.05, 4.69) is 0 Å². The Morgan fingerprint density at radius 1 is 1.50 bits per heavy atom. The third-order valence-corrected chi connectivity index (χ3v) is 1.62. The minimum absolute atomic E-state index is 0.365. The van der Waals surface area contributed by atoms with Gasteiger partial charge in [0.25, 0.3) is 9.76 Å². The third kappa shape index (κ3) is 5.92. The highest BCUT2D eigenvalue weighted by Crippen LogP contribution is 1.83. The van der Waals surface area contributed by atoms with Gasteiger partial charge in [0.1, 0.15) is 0 Å². The van der Waals surface area contributed by atoms with Crippen molar-refractivity contribution in [1.29, 1.82) is 0 Å². The molecule has 46 valence electrons. The maximum absolute atomic E-state index is 5.22. The van der Waals surface area contributed by atoms with Gasteiger partial charge in [-0.25, -0.2) is 0 Å². The summed E-state index contributed by atoms with van der Waals surface area (Å²) >= 11 is 0. The maximum Gasteiger partial charge on any atom is 0.260 e. The molecule has 0 heterocycles. The summed E-state index contributed by atoms with van der Waals surface area (Å²) in [6.07, 6.45) is 2.37. The van der Waals surface area contributed by atoms with Crippen molar-refractivity contribution in [3.05, 3.63) is 11.8 Å². The maximum atomic E-state index is 5.22. The van der Waals surface area contributed by atoms with Crippen LogP contribution < -0.4 is 0 Å². The molecule has 8 heavy (non-hydrogen) atoms. The average molecular weight is 128 g/mol. The lowest BCUT2D eigenvalue weighted by molar-refractivity contribution is 0.260. The van der Waals surface area contributed by atoms with Gasteiger partial charge in [0.15, 0.2) is 0 Å². The predicted molar refractivity (Wildman–Crippen MR) is 36.8 cm³/mol. The van der Waals surface area contributed by atoms with Crippen LogP contribution >= 0.6 is 0 Å². The first kappa shape index (κ1) is 7.92. The van der Waals surface area contributed by atoms with Crippen LogP contribution in [0, 0.1) is 0 Å². The molecule has 0 aromatic rings. The second-order valence-corrected chi connectivity index (χ2v) is 2.59. The molecule has 0 amide bonds. The fourth-order valence-corrected chi connectivity index (χ4v) is 0.730. The summed E-state index contributed by atoms with van der Waals surface area (Å²) in [6, 6.07) is 0.